The summed E-state index contributed by atoms with van der Waals surface area (Å²) in [4.78, 5) is 6.32. The van der Waals surface area contributed by atoms with E-state index in [1.807, 2.05) is 37.3 Å². The van der Waals surface area contributed by atoms with Crippen molar-refractivity contribution in [3.63, 3.8) is 0 Å². The van der Waals surface area contributed by atoms with Gasteiger partial charge in [-0.05, 0) is 109 Å². The van der Waals surface area contributed by atoms with Gasteiger partial charge in [0.25, 0.3) is 0 Å². The fraction of sp³-hybridized carbons (Fsp3) is 0.375. The van der Waals surface area contributed by atoms with Crippen molar-refractivity contribution < 1.29 is 23.3 Å². The second kappa shape index (κ2) is 12.4. The molecule has 1 saturated heterocycles. The van der Waals surface area contributed by atoms with Gasteiger partial charge in [0.15, 0.2) is 5.75 Å². The summed E-state index contributed by atoms with van der Waals surface area (Å²) in [5, 5.41) is 0. The van der Waals surface area contributed by atoms with Crippen molar-refractivity contribution in [3.05, 3.63) is 89.0 Å². The molecule has 38 heavy (non-hydrogen) atoms. The van der Waals surface area contributed by atoms with Gasteiger partial charge in [0, 0.05) is 24.2 Å². The Morgan fingerprint density at radius 1 is 0.921 bits per heavy atom. The molecule has 3 aromatic carbocycles. The zero-order chi connectivity index (χ0) is 26.3. The Morgan fingerprint density at radius 2 is 1.76 bits per heavy atom. The van der Waals surface area contributed by atoms with Crippen LogP contribution in [-0.2, 0) is 6.42 Å². The topological polar surface area (TPSA) is 30.9 Å². The van der Waals surface area contributed by atoms with Crippen LogP contribution in [0.25, 0.3) is 11.1 Å². The molecule has 1 aliphatic carbocycles. The number of hydrogen-bond donors (Lipinski definition) is 0. The summed E-state index contributed by atoms with van der Waals surface area (Å²) in [6.45, 7) is 4.88. The highest BCUT2D eigenvalue weighted by Crippen LogP contribution is 2.41. The molecule has 1 fully saturated rings. The van der Waals surface area contributed by atoms with Crippen LogP contribution >= 0.6 is 0 Å². The van der Waals surface area contributed by atoms with Crippen molar-refractivity contribution in [1.29, 1.82) is 0 Å². The van der Waals surface area contributed by atoms with Crippen molar-refractivity contribution in [2.75, 3.05) is 32.9 Å². The molecule has 4 nitrogen and oxygen atoms in total. The van der Waals surface area contributed by atoms with E-state index >= 15 is 0 Å². The molecule has 0 spiro atoms. The molecule has 0 amide bonds. The van der Waals surface area contributed by atoms with Gasteiger partial charge < -0.3 is 9.47 Å². The number of rotatable bonds is 10. The maximum absolute atomic E-state index is 13.0. The summed E-state index contributed by atoms with van der Waals surface area (Å²) in [5.74, 6) is 1.91. The SMILES string of the molecule is CCOc1cccc(C2=C(c3ccc(O[C@H]4CCN(CCCF)C4)cc3)c3ccc(OF)cc3CCC2)c1. The lowest BCUT2D eigenvalue weighted by atomic mass is 9.87. The van der Waals surface area contributed by atoms with E-state index in [2.05, 4.69) is 34.1 Å². The zero-order valence-corrected chi connectivity index (χ0v) is 21.9. The molecule has 3 aromatic rings. The highest BCUT2D eigenvalue weighted by atomic mass is 19.3. The minimum absolute atomic E-state index is 0.120. The number of fused-ring (bicyclic) bond motifs is 1. The summed E-state index contributed by atoms with van der Waals surface area (Å²) in [6.07, 6.45) is 4.32. The molecule has 2 aliphatic rings. The van der Waals surface area contributed by atoms with Crippen molar-refractivity contribution in [3.8, 4) is 17.2 Å². The van der Waals surface area contributed by atoms with E-state index < -0.39 is 0 Å². The van der Waals surface area contributed by atoms with Crippen molar-refractivity contribution in [2.24, 2.45) is 0 Å². The second-order valence-corrected chi connectivity index (χ2v) is 9.96. The van der Waals surface area contributed by atoms with Crippen LogP contribution in [0.4, 0.5) is 8.92 Å². The molecule has 200 valence electrons. The monoisotopic (exact) mass is 519 g/mol. The van der Waals surface area contributed by atoms with Gasteiger partial charge in [-0.3, -0.25) is 14.2 Å². The number of hydrogen-bond acceptors (Lipinski definition) is 4. The maximum Gasteiger partial charge on any atom is 0.172 e. The van der Waals surface area contributed by atoms with Gasteiger partial charge in [0.2, 0.25) is 0 Å². The number of alkyl halides is 1. The standard InChI is InChI=1S/C32H35F2NO3/c1-2-36-27-8-3-6-24(20-27)30-9-4-7-25-21-28(38-34)14-15-31(25)32(30)23-10-12-26(13-11-23)37-29-16-19-35(22-29)18-5-17-33/h3,6,8,10-15,20-21,29H,2,4-5,7,9,16-19,22H2,1H3/t29-/m0/s1. The third-order valence-electron chi connectivity index (χ3n) is 7.39. The minimum Gasteiger partial charge on any atom is -0.494 e. The Balaban J connectivity index is 1.48. The minimum atomic E-state index is -0.275. The molecule has 1 aliphatic heterocycles. The van der Waals surface area contributed by atoms with Crippen molar-refractivity contribution >= 4 is 11.1 Å². The highest BCUT2D eigenvalue weighted by Gasteiger charge is 2.24. The van der Waals surface area contributed by atoms with E-state index in [1.54, 1.807) is 12.1 Å². The fourth-order valence-corrected chi connectivity index (χ4v) is 5.64. The average molecular weight is 520 g/mol. The molecule has 0 unspecified atom stereocenters. The van der Waals surface area contributed by atoms with Crippen LogP contribution in [0.5, 0.6) is 17.2 Å². The predicted octanol–water partition coefficient (Wildman–Crippen LogP) is 7.46. The molecule has 1 heterocycles. The van der Waals surface area contributed by atoms with Crippen LogP contribution in [0, 0.1) is 0 Å². The summed E-state index contributed by atoms with van der Waals surface area (Å²) in [6, 6.07) is 22.0. The smallest absolute Gasteiger partial charge is 0.172 e. The molecule has 0 radical (unpaired) electrons. The van der Waals surface area contributed by atoms with Gasteiger partial charge in [-0.1, -0.05) is 30.3 Å². The maximum atomic E-state index is 13.0. The Morgan fingerprint density at radius 3 is 2.55 bits per heavy atom. The third-order valence-corrected chi connectivity index (χ3v) is 7.39. The fourth-order valence-electron chi connectivity index (χ4n) is 5.64. The highest BCUT2D eigenvalue weighted by molar-refractivity contribution is 6.00. The van der Waals surface area contributed by atoms with Gasteiger partial charge >= 0.3 is 0 Å². The first-order valence-electron chi connectivity index (χ1n) is 13.6. The van der Waals surface area contributed by atoms with Gasteiger partial charge in [-0.2, -0.15) is 0 Å². The second-order valence-electron chi connectivity index (χ2n) is 9.96. The van der Waals surface area contributed by atoms with Crippen LogP contribution < -0.4 is 14.4 Å². The van der Waals surface area contributed by atoms with Gasteiger partial charge in [-0.15, -0.1) is 0 Å². The molecule has 0 aromatic heterocycles. The molecular formula is C32H35F2NO3. The Bertz CT molecular complexity index is 1260. The molecule has 6 heteroatoms. The lowest BCUT2D eigenvalue weighted by molar-refractivity contribution is -0.00629. The summed E-state index contributed by atoms with van der Waals surface area (Å²) in [5.41, 5.74) is 6.76. The van der Waals surface area contributed by atoms with Gasteiger partial charge in [-0.25, -0.2) is 0 Å². The molecule has 0 bridgehead atoms. The summed E-state index contributed by atoms with van der Waals surface area (Å²) in [7, 11) is 0. The average Bonchev–Trinajstić information content (AvgIpc) is 3.30. The summed E-state index contributed by atoms with van der Waals surface area (Å²) >= 11 is 0. The predicted molar refractivity (Wildman–Crippen MR) is 147 cm³/mol. The number of halogens is 2. The van der Waals surface area contributed by atoms with E-state index in [-0.39, 0.29) is 18.5 Å². The lowest BCUT2D eigenvalue weighted by Gasteiger charge is -2.19. The van der Waals surface area contributed by atoms with Crippen molar-refractivity contribution in [1.82, 2.24) is 4.90 Å². The van der Waals surface area contributed by atoms with Crippen LogP contribution in [-0.4, -0.2) is 43.9 Å². The van der Waals surface area contributed by atoms with E-state index in [4.69, 9.17) is 9.47 Å². The van der Waals surface area contributed by atoms with E-state index in [0.717, 1.165) is 84.6 Å². The zero-order valence-electron chi connectivity index (χ0n) is 21.9. The Kier molecular flexibility index (Phi) is 8.59. The van der Waals surface area contributed by atoms with Gasteiger partial charge in [0.1, 0.15) is 17.6 Å². The number of nitrogens with zero attached hydrogens (tertiary/aromatic N) is 1. The third kappa shape index (κ3) is 6.02. The van der Waals surface area contributed by atoms with Crippen LogP contribution in [0.1, 0.15) is 54.9 Å². The Labute approximate surface area is 223 Å². The number of ether oxygens (including phenoxy) is 2. The van der Waals surface area contributed by atoms with E-state index in [1.165, 1.54) is 5.57 Å². The first-order chi connectivity index (χ1) is 18.7. The molecule has 5 rings (SSSR count). The molecule has 1 atom stereocenters. The first kappa shape index (κ1) is 26.2. The first-order valence-corrected chi connectivity index (χ1v) is 13.6. The number of aryl methyl sites for hydroxylation is 1. The van der Waals surface area contributed by atoms with Crippen molar-refractivity contribution in [2.45, 2.75) is 45.1 Å². The quantitative estimate of drug-likeness (QED) is 0.278. The van der Waals surface area contributed by atoms with Crippen LogP contribution in [0.3, 0.4) is 0 Å². The number of likely N-dealkylation sites (tertiary alicyclic amines) is 1. The van der Waals surface area contributed by atoms with E-state index in [0.29, 0.717) is 13.0 Å². The van der Waals surface area contributed by atoms with E-state index in [9.17, 15) is 8.92 Å². The number of benzene rings is 3. The Hall–Kier alpha value is -3.38. The van der Waals surface area contributed by atoms with Gasteiger partial charge in [0.05, 0.1) is 13.3 Å². The normalized spacial score (nSPS) is 17.7. The van der Waals surface area contributed by atoms with Crippen LogP contribution in [0.2, 0.25) is 0 Å². The molecular weight excluding hydrogens is 484 g/mol. The lowest BCUT2D eigenvalue weighted by Crippen LogP contribution is -2.26. The number of allylic oxidation sites excluding steroid dienone is 1. The summed E-state index contributed by atoms with van der Waals surface area (Å²) < 4.78 is 37.6. The van der Waals surface area contributed by atoms with Crippen LogP contribution in [0.15, 0.2) is 66.7 Å². The molecule has 0 N–H and O–H groups in total. The largest absolute Gasteiger partial charge is 0.494 e. The molecule has 0 saturated carbocycles.